The first-order valence-corrected chi connectivity index (χ1v) is 8.06. The van der Waals surface area contributed by atoms with Crippen molar-refractivity contribution in [2.75, 3.05) is 4.90 Å². The van der Waals surface area contributed by atoms with Gasteiger partial charge in [-0.25, -0.2) is 4.90 Å². The summed E-state index contributed by atoms with van der Waals surface area (Å²) in [5, 5.41) is 4.11. The predicted octanol–water partition coefficient (Wildman–Crippen LogP) is 1.88. The van der Waals surface area contributed by atoms with E-state index in [0.717, 1.165) is 27.4 Å². The van der Waals surface area contributed by atoms with Crippen molar-refractivity contribution >= 4 is 33.8 Å². The highest BCUT2D eigenvalue weighted by molar-refractivity contribution is 7.19. The van der Waals surface area contributed by atoms with E-state index in [0.29, 0.717) is 5.69 Å². The van der Waals surface area contributed by atoms with Gasteiger partial charge in [-0.3, -0.25) is 14.4 Å². The fraction of sp³-hybridized carbons (Fsp3) is 0.188. The Labute approximate surface area is 140 Å². The lowest BCUT2D eigenvalue weighted by atomic mass is 10.1. The lowest BCUT2D eigenvalue weighted by Crippen LogP contribution is -2.31. The van der Waals surface area contributed by atoms with Gasteiger partial charge in [0.05, 0.1) is 5.69 Å². The number of carbonyl (C=O) groups excluding carboxylic acids is 2. The Balaban J connectivity index is 1.95. The molecule has 7 nitrogen and oxygen atoms in total. The normalized spacial score (nSPS) is 13.9. The average Bonchev–Trinajstić information content (AvgIpc) is 3.00. The Morgan fingerprint density at radius 2 is 1.79 bits per heavy atom. The van der Waals surface area contributed by atoms with Gasteiger partial charge >= 0.3 is 0 Å². The molecular weight excluding hydrogens is 328 g/mol. The van der Waals surface area contributed by atoms with Crippen LogP contribution >= 0.6 is 11.3 Å². The summed E-state index contributed by atoms with van der Waals surface area (Å²) >= 11 is 1.01. The Hall–Kier alpha value is -2.87. The highest BCUT2D eigenvalue weighted by Crippen LogP contribution is 2.34. The largest absolute Gasteiger partial charge is 0.295 e. The van der Waals surface area contributed by atoms with Crippen molar-refractivity contribution in [1.82, 2.24) is 14.6 Å². The molecule has 3 aromatic rings. The van der Waals surface area contributed by atoms with Crippen LogP contribution in [0.5, 0.6) is 0 Å². The molecule has 0 radical (unpaired) electrons. The van der Waals surface area contributed by atoms with E-state index in [1.165, 1.54) is 11.4 Å². The third-order valence-corrected chi connectivity index (χ3v) is 4.99. The number of rotatable bonds is 1. The summed E-state index contributed by atoms with van der Waals surface area (Å²) in [6.07, 6.45) is 0. The lowest BCUT2D eigenvalue weighted by molar-refractivity contribution is 0.0924. The summed E-state index contributed by atoms with van der Waals surface area (Å²) in [7, 11) is 0. The van der Waals surface area contributed by atoms with E-state index in [9.17, 15) is 14.4 Å². The second-order valence-electron chi connectivity index (χ2n) is 5.71. The van der Waals surface area contributed by atoms with Crippen molar-refractivity contribution in [3.05, 3.63) is 55.9 Å². The van der Waals surface area contributed by atoms with Crippen molar-refractivity contribution in [3.8, 4) is 0 Å². The number of anilines is 1. The first-order chi connectivity index (χ1) is 11.4. The minimum Gasteiger partial charge on any atom is -0.267 e. The maximum absolute atomic E-state index is 12.9. The van der Waals surface area contributed by atoms with Crippen LogP contribution < -0.4 is 10.5 Å². The SMILES string of the molecule is Cc1ccc(C)c(N2C(=O)c3sc4nc(=O)c(C)nn4c3C2=O)c1. The van der Waals surface area contributed by atoms with Crippen LogP contribution in [0.1, 0.15) is 37.0 Å². The summed E-state index contributed by atoms with van der Waals surface area (Å²) in [4.78, 5) is 42.8. The van der Waals surface area contributed by atoms with Crippen LogP contribution in [0, 0.1) is 20.8 Å². The molecule has 1 aromatic carbocycles. The second kappa shape index (κ2) is 4.81. The second-order valence-corrected chi connectivity index (χ2v) is 6.69. The van der Waals surface area contributed by atoms with Crippen molar-refractivity contribution in [2.24, 2.45) is 0 Å². The van der Waals surface area contributed by atoms with Crippen LogP contribution in [0.3, 0.4) is 0 Å². The van der Waals surface area contributed by atoms with E-state index < -0.39 is 17.4 Å². The lowest BCUT2D eigenvalue weighted by Gasteiger charge is -2.17. The van der Waals surface area contributed by atoms with Gasteiger partial charge in [0, 0.05) is 0 Å². The van der Waals surface area contributed by atoms with Gasteiger partial charge in [-0.1, -0.05) is 23.5 Å². The van der Waals surface area contributed by atoms with Crippen molar-refractivity contribution in [3.63, 3.8) is 0 Å². The third-order valence-electron chi connectivity index (χ3n) is 3.97. The van der Waals surface area contributed by atoms with E-state index in [2.05, 4.69) is 10.1 Å². The van der Waals surface area contributed by atoms with Crippen LogP contribution in [0.25, 0.3) is 4.96 Å². The molecule has 0 atom stereocenters. The van der Waals surface area contributed by atoms with Crippen LogP contribution in [0.2, 0.25) is 0 Å². The average molecular weight is 340 g/mol. The van der Waals surface area contributed by atoms with E-state index in [1.807, 2.05) is 26.0 Å². The third kappa shape index (κ3) is 1.86. The number of fused-ring (bicyclic) bond motifs is 3. The zero-order valence-corrected chi connectivity index (χ0v) is 14.0. The molecule has 1 aliphatic rings. The van der Waals surface area contributed by atoms with Gasteiger partial charge in [0.2, 0.25) is 4.96 Å². The molecule has 0 bridgehead atoms. The molecule has 1 aliphatic heterocycles. The maximum atomic E-state index is 12.9. The van der Waals surface area contributed by atoms with E-state index in [-0.39, 0.29) is 21.2 Å². The number of nitrogens with zero attached hydrogens (tertiary/aromatic N) is 4. The van der Waals surface area contributed by atoms with Crippen LogP contribution in [0.15, 0.2) is 23.0 Å². The minimum absolute atomic E-state index is 0.163. The molecule has 3 heterocycles. The number of hydrogen-bond acceptors (Lipinski definition) is 6. The first-order valence-electron chi connectivity index (χ1n) is 7.25. The van der Waals surface area contributed by atoms with Gasteiger partial charge in [0.25, 0.3) is 17.4 Å². The Morgan fingerprint density at radius 3 is 2.54 bits per heavy atom. The number of thiazole rings is 1. The topological polar surface area (TPSA) is 84.6 Å². The smallest absolute Gasteiger partial charge is 0.267 e. The zero-order chi connectivity index (χ0) is 17.2. The van der Waals surface area contributed by atoms with Crippen molar-refractivity contribution in [2.45, 2.75) is 20.8 Å². The molecule has 0 saturated heterocycles. The standard InChI is InChI=1S/C16H12N4O3S/c1-7-4-5-8(2)10(6-7)19-14(22)11-12(15(19)23)24-16-17-13(21)9(3)18-20(11)16/h4-6H,1-3H3. The molecule has 0 unspecified atom stereocenters. The fourth-order valence-electron chi connectivity index (χ4n) is 2.71. The summed E-state index contributed by atoms with van der Waals surface area (Å²) < 4.78 is 1.29. The number of aryl methyl sites for hydroxylation is 3. The van der Waals surface area contributed by atoms with Gasteiger partial charge in [-0.05, 0) is 38.0 Å². The molecule has 2 aromatic heterocycles. The van der Waals surface area contributed by atoms with Crippen molar-refractivity contribution in [1.29, 1.82) is 0 Å². The molecule has 0 aliphatic carbocycles. The zero-order valence-electron chi connectivity index (χ0n) is 13.2. The molecule has 120 valence electrons. The van der Waals surface area contributed by atoms with Crippen LogP contribution in [-0.4, -0.2) is 26.4 Å². The van der Waals surface area contributed by atoms with E-state index >= 15 is 0 Å². The molecular formula is C16H12N4O3S. The molecule has 4 rings (SSSR count). The summed E-state index contributed by atoms with van der Waals surface area (Å²) in [5.74, 6) is -0.863. The fourth-order valence-corrected chi connectivity index (χ4v) is 3.69. The van der Waals surface area contributed by atoms with Gasteiger partial charge in [-0.15, -0.1) is 0 Å². The maximum Gasteiger partial charge on any atom is 0.295 e. The van der Waals surface area contributed by atoms with Gasteiger partial charge < -0.3 is 0 Å². The molecule has 0 saturated carbocycles. The number of hydrogen-bond donors (Lipinski definition) is 0. The van der Waals surface area contributed by atoms with Gasteiger partial charge in [-0.2, -0.15) is 14.6 Å². The number of benzene rings is 1. The van der Waals surface area contributed by atoms with E-state index in [4.69, 9.17) is 0 Å². The number of carbonyl (C=O) groups is 2. The summed E-state index contributed by atoms with van der Waals surface area (Å²) in [6.45, 7) is 5.27. The highest BCUT2D eigenvalue weighted by Gasteiger charge is 2.42. The molecule has 24 heavy (non-hydrogen) atoms. The summed E-state index contributed by atoms with van der Waals surface area (Å²) in [5.41, 5.74) is 2.23. The number of amides is 2. The van der Waals surface area contributed by atoms with E-state index in [1.54, 1.807) is 6.07 Å². The highest BCUT2D eigenvalue weighted by atomic mass is 32.1. The Morgan fingerprint density at radius 1 is 1.04 bits per heavy atom. The molecule has 2 amide bonds. The van der Waals surface area contributed by atoms with Crippen molar-refractivity contribution < 1.29 is 9.59 Å². The monoisotopic (exact) mass is 340 g/mol. The first kappa shape index (κ1) is 14.7. The molecule has 0 fully saturated rings. The number of aromatic nitrogens is 3. The van der Waals surface area contributed by atoms with Gasteiger partial charge in [0.1, 0.15) is 10.6 Å². The molecule has 0 spiro atoms. The summed E-state index contributed by atoms with van der Waals surface area (Å²) in [6, 6.07) is 5.60. The Kier molecular flexibility index (Phi) is 2.95. The minimum atomic E-state index is -0.457. The predicted molar refractivity (Wildman–Crippen MR) is 88.9 cm³/mol. The number of imide groups is 1. The molecule has 8 heteroatoms. The quantitative estimate of drug-likeness (QED) is 0.632. The van der Waals surface area contributed by atoms with Gasteiger partial charge in [0.15, 0.2) is 5.69 Å². The van der Waals surface area contributed by atoms with Crippen LogP contribution in [-0.2, 0) is 0 Å². The Bertz CT molecular complexity index is 1110. The molecule has 0 N–H and O–H groups in total. The van der Waals surface area contributed by atoms with Crippen LogP contribution in [0.4, 0.5) is 5.69 Å².